The molecule has 7 heteroatoms. The molecule has 0 radical (unpaired) electrons. The third-order valence-electron chi connectivity index (χ3n) is 4.90. The van der Waals surface area contributed by atoms with Gasteiger partial charge < -0.3 is 24.6 Å². The second kappa shape index (κ2) is 13.2. The number of benzene rings is 3. The molecule has 0 aliphatic heterocycles. The van der Waals surface area contributed by atoms with Gasteiger partial charge in [-0.1, -0.05) is 48.0 Å². The van der Waals surface area contributed by atoms with Crippen molar-refractivity contribution >= 4 is 24.0 Å². The van der Waals surface area contributed by atoms with E-state index < -0.39 is 0 Å². The first kappa shape index (κ1) is 25.8. The van der Waals surface area contributed by atoms with Crippen molar-refractivity contribution in [2.24, 2.45) is 0 Å². The van der Waals surface area contributed by atoms with Crippen LogP contribution in [-0.2, 0) is 13.2 Å². The normalized spacial score (nSPS) is 11.4. The van der Waals surface area contributed by atoms with Gasteiger partial charge in [0.2, 0.25) is 0 Å². The Labute approximate surface area is 200 Å². The molecule has 0 saturated heterocycles. The Balaban J connectivity index is 0.00000363. The molecule has 0 aliphatic rings. The molecular formula is C25H29Cl2NO4. The summed E-state index contributed by atoms with van der Waals surface area (Å²) in [6, 6.07) is 21.6. The van der Waals surface area contributed by atoms with Crippen LogP contribution in [0.25, 0.3) is 0 Å². The fourth-order valence-electron chi connectivity index (χ4n) is 3.14. The fourth-order valence-corrected chi connectivity index (χ4v) is 3.33. The molecule has 0 heterocycles. The average molecular weight is 478 g/mol. The highest BCUT2D eigenvalue weighted by atomic mass is 35.5. The molecule has 0 spiro atoms. The smallest absolute Gasteiger partial charge is 0.161 e. The molecule has 0 bridgehead atoms. The molecule has 0 fully saturated rings. The van der Waals surface area contributed by atoms with Gasteiger partial charge in [-0.15, -0.1) is 12.4 Å². The maximum Gasteiger partial charge on any atom is 0.161 e. The highest BCUT2D eigenvalue weighted by Crippen LogP contribution is 2.30. The lowest BCUT2D eigenvalue weighted by Crippen LogP contribution is -2.18. The fraction of sp³-hybridized carbons (Fsp3) is 0.280. The van der Waals surface area contributed by atoms with E-state index in [1.54, 1.807) is 7.11 Å². The summed E-state index contributed by atoms with van der Waals surface area (Å²) in [5.41, 5.74) is 3.17. The summed E-state index contributed by atoms with van der Waals surface area (Å²) in [6.45, 7) is 3.41. The maximum absolute atomic E-state index is 8.94. The topological polar surface area (TPSA) is 60.0 Å². The quantitative estimate of drug-likeness (QED) is 0.377. The van der Waals surface area contributed by atoms with E-state index in [-0.39, 0.29) is 31.7 Å². The largest absolute Gasteiger partial charge is 0.493 e. The zero-order valence-corrected chi connectivity index (χ0v) is 19.8. The minimum Gasteiger partial charge on any atom is -0.493 e. The lowest BCUT2D eigenvalue weighted by molar-refractivity contribution is 0.196. The van der Waals surface area contributed by atoms with Gasteiger partial charge in [-0.25, -0.2) is 0 Å². The molecule has 0 amide bonds. The van der Waals surface area contributed by atoms with E-state index in [1.165, 1.54) is 0 Å². The SMILES string of the molecule is COc1cc(C(C)NCc2cccc(OCc3ccccc3Cl)c2)ccc1OCCO.Cl. The summed E-state index contributed by atoms with van der Waals surface area (Å²) in [7, 11) is 1.61. The highest BCUT2D eigenvalue weighted by Gasteiger charge is 2.11. The number of rotatable bonds is 11. The van der Waals surface area contributed by atoms with Crippen LogP contribution in [0.4, 0.5) is 0 Å². The lowest BCUT2D eigenvalue weighted by atomic mass is 10.1. The summed E-state index contributed by atoms with van der Waals surface area (Å²) in [6.07, 6.45) is 0. The molecule has 3 rings (SSSR count). The van der Waals surface area contributed by atoms with Gasteiger partial charge in [-0.3, -0.25) is 0 Å². The Bertz CT molecular complexity index is 984. The van der Waals surface area contributed by atoms with Gasteiger partial charge in [-0.05, 0) is 48.4 Å². The predicted octanol–water partition coefficient (Wildman–Crippen LogP) is 5.57. The first-order valence-corrected chi connectivity index (χ1v) is 10.6. The number of ether oxygens (including phenoxy) is 3. The van der Waals surface area contributed by atoms with E-state index in [2.05, 4.69) is 18.3 Å². The summed E-state index contributed by atoms with van der Waals surface area (Å²) >= 11 is 6.20. The van der Waals surface area contributed by atoms with Gasteiger partial charge >= 0.3 is 0 Å². The average Bonchev–Trinajstić information content (AvgIpc) is 2.80. The molecule has 3 aromatic carbocycles. The van der Waals surface area contributed by atoms with E-state index in [1.807, 2.05) is 60.7 Å². The summed E-state index contributed by atoms with van der Waals surface area (Å²) in [4.78, 5) is 0. The minimum atomic E-state index is -0.0377. The molecule has 1 atom stereocenters. The predicted molar refractivity (Wildman–Crippen MR) is 130 cm³/mol. The highest BCUT2D eigenvalue weighted by molar-refractivity contribution is 6.31. The monoisotopic (exact) mass is 477 g/mol. The van der Waals surface area contributed by atoms with Crippen molar-refractivity contribution in [2.75, 3.05) is 20.3 Å². The first-order chi connectivity index (χ1) is 15.1. The van der Waals surface area contributed by atoms with Gasteiger partial charge in [-0.2, -0.15) is 0 Å². The van der Waals surface area contributed by atoms with Crippen LogP contribution in [0.5, 0.6) is 17.2 Å². The van der Waals surface area contributed by atoms with Crippen molar-refractivity contribution in [2.45, 2.75) is 26.1 Å². The molecule has 2 N–H and O–H groups in total. The third kappa shape index (κ3) is 7.31. The second-order valence-corrected chi connectivity index (χ2v) is 7.52. The van der Waals surface area contributed by atoms with E-state index in [0.717, 1.165) is 22.4 Å². The Morgan fingerprint density at radius 2 is 1.78 bits per heavy atom. The summed E-state index contributed by atoms with van der Waals surface area (Å²) < 4.78 is 16.8. The van der Waals surface area contributed by atoms with E-state index >= 15 is 0 Å². The van der Waals surface area contributed by atoms with Crippen LogP contribution >= 0.6 is 24.0 Å². The van der Waals surface area contributed by atoms with E-state index in [0.29, 0.717) is 29.7 Å². The van der Waals surface area contributed by atoms with Crippen LogP contribution in [0.1, 0.15) is 29.7 Å². The van der Waals surface area contributed by atoms with Crippen molar-refractivity contribution < 1.29 is 19.3 Å². The number of hydrogen-bond donors (Lipinski definition) is 2. The zero-order chi connectivity index (χ0) is 22.1. The number of aliphatic hydroxyl groups is 1. The Morgan fingerprint density at radius 1 is 0.969 bits per heavy atom. The molecular weight excluding hydrogens is 449 g/mol. The summed E-state index contributed by atoms with van der Waals surface area (Å²) in [5, 5.41) is 13.2. The van der Waals surface area contributed by atoms with Crippen LogP contribution in [0.3, 0.4) is 0 Å². The zero-order valence-electron chi connectivity index (χ0n) is 18.2. The number of nitrogens with one attached hydrogen (secondary N) is 1. The van der Waals surface area contributed by atoms with Gasteiger partial charge in [0, 0.05) is 23.2 Å². The van der Waals surface area contributed by atoms with Crippen molar-refractivity contribution in [3.63, 3.8) is 0 Å². The molecule has 172 valence electrons. The van der Waals surface area contributed by atoms with Crippen LogP contribution in [-0.4, -0.2) is 25.4 Å². The molecule has 1 unspecified atom stereocenters. The minimum absolute atomic E-state index is 0. The second-order valence-electron chi connectivity index (χ2n) is 7.11. The van der Waals surface area contributed by atoms with Crippen molar-refractivity contribution in [3.05, 3.63) is 88.4 Å². The molecule has 32 heavy (non-hydrogen) atoms. The van der Waals surface area contributed by atoms with E-state index in [4.69, 9.17) is 30.9 Å². The molecule has 0 aliphatic carbocycles. The van der Waals surface area contributed by atoms with Gasteiger partial charge in [0.15, 0.2) is 11.5 Å². The number of methoxy groups -OCH3 is 1. The molecule has 0 aromatic heterocycles. The first-order valence-electron chi connectivity index (χ1n) is 10.2. The molecule has 3 aromatic rings. The molecule has 5 nitrogen and oxygen atoms in total. The van der Waals surface area contributed by atoms with Gasteiger partial charge in [0.05, 0.1) is 13.7 Å². The van der Waals surface area contributed by atoms with Crippen LogP contribution in [0.2, 0.25) is 5.02 Å². The number of hydrogen-bond acceptors (Lipinski definition) is 5. The van der Waals surface area contributed by atoms with Gasteiger partial charge in [0.1, 0.15) is 19.0 Å². The Hall–Kier alpha value is -2.44. The van der Waals surface area contributed by atoms with Crippen molar-refractivity contribution in [1.82, 2.24) is 5.32 Å². The third-order valence-corrected chi connectivity index (χ3v) is 5.27. The molecule has 0 saturated carbocycles. The van der Waals surface area contributed by atoms with Crippen LogP contribution in [0, 0.1) is 0 Å². The maximum atomic E-state index is 8.94. The van der Waals surface area contributed by atoms with Gasteiger partial charge in [0.25, 0.3) is 0 Å². The van der Waals surface area contributed by atoms with E-state index in [9.17, 15) is 0 Å². The summed E-state index contributed by atoms with van der Waals surface area (Å²) in [5.74, 6) is 2.07. The number of aliphatic hydroxyl groups excluding tert-OH is 1. The lowest BCUT2D eigenvalue weighted by Gasteiger charge is -2.17. The number of halogens is 2. The van der Waals surface area contributed by atoms with Crippen LogP contribution in [0.15, 0.2) is 66.7 Å². The Kier molecular flexibility index (Phi) is 10.6. The Morgan fingerprint density at radius 3 is 2.53 bits per heavy atom. The van der Waals surface area contributed by atoms with Crippen molar-refractivity contribution in [1.29, 1.82) is 0 Å². The van der Waals surface area contributed by atoms with Crippen LogP contribution < -0.4 is 19.5 Å². The standard InChI is InChI=1S/C25H28ClNO4.ClH/c1-18(20-10-11-24(30-13-12-28)25(15-20)29-2)27-16-19-6-5-8-22(14-19)31-17-21-7-3-4-9-23(21)26;/h3-11,14-15,18,27-28H,12-13,16-17H2,1-2H3;1H. The van der Waals surface area contributed by atoms with Crippen molar-refractivity contribution in [3.8, 4) is 17.2 Å².